The van der Waals surface area contributed by atoms with Crippen molar-refractivity contribution in [1.82, 2.24) is 9.62 Å². The second kappa shape index (κ2) is 6.48. The summed E-state index contributed by atoms with van der Waals surface area (Å²) in [6.07, 6.45) is 2.39. The van der Waals surface area contributed by atoms with Crippen molar-refractivity contribution in [2.24, 2.45) is 0 Å². The van der Waals surface area contributed by atoms with E-state index < -0.39 is 10.0 Å². The van der Waals surface area contributed by atoms with Crippen molar-refractivity contribution < 1.29 is 8.42 Å². The van der Waals surface area contributed by atoms with Gasteiger partial charge in [0.2, 0.25) is 10.0 Å². The number of likely N-dealkylation sites (N-methyl/N-ethyl adjacent to an activating group) is 1. The van der Waals surface area contributed by atoms with E-state index in [0.717, 1.165) is 11.1 Å². The zero-order chi connectivity index (χ0) is 15.6. The summed E-state index contributed by atoms with van der Waals surface area (Å²) in [4.78, 5) is 0.156. The van der Waals surface area contributed by atoms with Crippen LogP contribution in [0.2, 0.25) is 5.02 Å². The molecule has 0 saturated heterocycles. The van der Waals surface area contributed by atoms with E-state index in [2.05, 4.69) is 11.9 Å². The summed E-state index contributed by atoms with van der Waals surface area (Å²) < 4.78 is 26.4. The lowest BCUT2D eigenvalue weighted by molar-refractivity contribution is 0.493. The van der Waals surface area contributed by atoms with Crippen molar-refractivity contribution in [3.8, 4) is 0 Å². The fourth-order valence-electron chi connectivity index (χ4n) is 2.04. The third-order valence-electron chi connectivity index (χ3n) is 3.35. The summed E-state index contributed by atoms with van der Waals surface area (Å²) in [6, 6.07) is 5.73. The number of hydrogen-bond donors (Lipinski definition) is 1. The summed E-state index contributed by atoms with van der Waals surface area (Å²) in [5.41, 5.74) is 1.71. The van der Waals surface area contributed by atoms with Gasteiger partial charge in [-0.3, -0.25) is 0 Å². The van der Waals surface area contributed by atoms with Gasteiger partial charge in [0.05, 0.1) is 5.02 Å². The van der Waals surface area contributed by atoms with Gasteiger partial charge in [-0.05, 0) is 37.5 Å². The van der Waals surface area contributed by atoms with Crippen molar-refractivity contribution >= 4 is 21.6 Å². The predicted octanol–water partition coefficient (Wildman–Crippen LogP) is 2.79. The van der Waals surface area contributed by atoms with E-state index in [4.69, 9.17) is 11.6 Å². The molecule has 0 amide bonds. The van der Waals surface area contributed by atoms with Crippen LogP contribution in [0.4, 0.5) is 0 Å². The molecule has 21 heavy (non-hydrogen) atoms. The smallest absolute Gasteiger partial charge is 0.244 e. The van der Waals surface area contributed by atoms with Gasteiger partial charge in [0.25, 0.3) is 0 Å². The molecule has 1 fully saturated rings. The largest absolute Gasteiger partial charge is 0.310 e. The van der Waals surface area contributed by atoms with Gasteiger partial charge in [-0.15, -0.1) is 0 Å². The molecule has 0 aliphatic heterocycles. The zero-order valence-electron chi connectivity index (χ0n) is 12.4. The average molecular weight is 329 g/mol. The molecule has 0 atom stereocenters. The summed E-state index contributed by atoms with van der Waals surface area (Å²) in [5, 5.41) is 3.62. The van der Waals surface area contributed by atoms with E-state index >= 15 is 0 Å². The third kappa shape index (κ3) is 4.30. The molecule has 0 radical (unpaired) electrons. The Bertz CT molecular complexity index is 639. The quantitative estimate of drug-likeness (QED) is 0.783. The molecule has 0 bridgehead atoms. The normalized spacial score (nSPS) is 15.4. The lowest BCUT2D eigenvalue weighted by atomic mass is 10.2. The highest BCUT2D eigenvalue weighted by Crippen LogP contribution is 2.26. The van der Waals surface area contributed by atoms with Crippen LogP contribution in [0.3, 0.4) is 0 Å². The predicted molar refractivity (Wildman–Crippen MR) is 85.9 cm³/mol. The van der Waals surface area contributed by atoms with Crippen LogP contribution in [-0.4, -0.2) is 32.4 Å². The average Bonchev–Trinajstić information content (AvgIpc) is 3.20. The van der Waals surface area contributed by atoms with E-state index in [9.17, 15) is 8.42 Å². The van der Waals surface area contributed by atoms with E-state index in [1.54, 1.807) is 19.1 Å². The molecule has 4 nitrogen and oxygen atoms in total. The van der Waals surface area contributed by atoms with Gasteiger partial charge in [-0.25, -0.2) is 8.42 Å². The number of benzene rings is 1. The Hall–Kier alpha value is -0.880. The molecular weight excluding hydrogens is 308 g/mol. The molecule has 1 aromatic rings. The SMILES string of the molecule is C=C(C)CN(C)S(=O)(=O)c1cc(CNC2CC2)ccc1Cl. The fraction of sp³-hybridized carbons (Fsp3) is 0.467. The summed E-state index contributed by atoms with van der Waals surface area (Å²) >= 11 is 6.09. The number of halogens is 1. The van der Waals surface area contributed by atoms with Gasteiger partial charge in [0, 0.05) is 26.2 Å². The van der Waals surface area contributed by atoms with Crippen molar-refractivity contribution in [2.75, 3.05) is 13.6 Å². The number of rotatable bonds is 7. The Balaban J connectivity index is 2.23. The maximum atomic E-state index is 12.6. The molecule has 1 N–H and O–H groups in total. The van der Waals surface area contributed by atoms with Gasteiger partial charge in [-0.2, -0.15) is 4.31 Å². The van der Waals surface area contributed by atoms with Gasteiger partial charge in [0.1, 0.15) is 4.90 Å². The molecule has 116 valence electrons. The molecule has 0 heterocycles. The van der Waals surface area contributed by atoms with Crippen molar-refractivity contribution in [1.29, 1.82) is 0 Å². The van der Waals surface area contributed by atoms with Crippen LogP contribution >= 0.6 is 11.6 Å². The van der Waals surface area contributed by atoms with E-state index in [-0.39, 0.29) is 16.5 Å². The molecule has 6 heteroatoms. The van der Waals surface area contributed by atoms with Crippen molar-refractivity contribution in [3.63, 3.8) is 0 Å². The maximum absolute atomic E-state index is 12.6. The first kappa shape index (κ1) is 16.5. The molecule has 1 aliphatic rings. The second-order valence-electron chi connectivity index (χ2n) is 5.64. The van der Waals surface area contributed by atoms with Crippen LogP contribution in [0.15, 0.2) is 35.2 Å². The van der Waals surface area contributed by atoms with Crippen LogP contribution in [-0.2, 0) is 16.6 Å². The minimum Gasteiger partial charge on any atom is -0.310 e. The van der Waals surface area contributed by atoms with Crippen molar-refractivity contribution in [3.05, 3.63) is 40.9 Å². The van der Waals surface area contributed by atoms with E-state index in [1.807, 2.05) is 6.07 Å². The molecule has 0 spiro atoms. The summed E-state index contributed by atoms with van der Waals surface area (Å²) in [5.74, 6) is 0. The first-order chi connectivity index (χ1) is 9.80. The highest BCUT2D eigenvalue weighted by molar-refractivity contribution is 7.89. The molecule has 0 unspecified atom stereocenters. The molecule has 1 aliphatic carbocycles. The van der Waals surface area contributed by atoms with Gasteiger partial charge in [-0.1, -0.05) is 29.8 Å². The zero-order valence-corrected chi connectivity index (χ0v) is 14.0. The first-order valence-electron chi connectivity index (χ1n) is 6.93. The Morgan fingerprint density at radius 2 is 2.14 bits per heavy atom. The van der Waals surface area contributed by atoms with Crippen LogP contribution in [0.25, 0.3) is 0 Å². The van der Waals surface area contributed by atoms with Crippen LogP contribution in [0, 0.1) is 0 Å². The number of nitrogens with zero attached hydrogens (tertiary/aromatic N) is 1. The minimum absolute atomic E-state index is 0.156. The lowest BCUT2D eigenvalue weighted by Crippen LogP contribution is -2.28. The molecule has 0 aromatic heterocycles. The monoisotopic (exact) mass is 328 g/mol. The van der Waals surface area contributed by atoms with E-state index in [1.165, 1.54) is 24.2 Å². The van der Waals surface area contributed by atoms with Crippen LogP contribution in [0.1, 0.15) is 25.3 Å². The highest BCUT2D eigenvalue weighted by Gasteiger charge is 2.24. The second-order valence-corrected chi connectivity index (χ2v) is 8.06. The van der Waals surface area contributed by atoms with E-state index in [0.29, 0.717) is 12.6 Å². The number of nitrogens with one attached hydrogen (secondary N) is 1. The van der Waals surface area contributed by atoms with Crippen LogP contribution < -0.4 is 5.32 Å². The van der Waals surface area contributed by atoms with Gasteiger partial charge >= 0.3 is 0 Å². The summed E-state index contributed by atoms with van der Waals surface area (Å²) in [7, 11) is -2.06. The Labute approximate surface area is 131 Å². The van der Waals surface area contributed by atoms with Gasteiger partial charge < -0.3 is 5.32 Å². The van der Waals surface area contributed by atoms with Crippen molar-refractivity contribution in [2.45, 2.75) is 37.2 Å². The maximum Gasteiger partial charge on any atom is 0.244 e. The minimum atomic E-state index is -3.60. The Morgan fingerprint density at radius 3 is 2.71 bits per heavy atom. The highest BCUT2D eigenvalue weighted by atomic mass is 35.5. The number of sulfonamides is 1. The lowest BCUT2D eigenvalue weighted by Gasteiger charge is -2.18. The van der Waals surface area contributed by atoms with Gasteiger partial charge in [0.15, 0.2) is 0 Å². The molecule has 1 aromatic carbocycles. The number of hydrogen-bond acceptors (Lipinski definition) is 3. The first-order valence-corrected chi connectivity index (χ1v) is 8.75. The fourth-order valence-corrected chi connectivity index (χ4v) is 3.79. The standard InChI is InChI=1S/C15H21ClN2O2S/c1-11(2)10-18(3)21(19,20)15-8-12(4-7-14(15)16)9-17-13-5-6-13/h4,7-8,13,17H,1,5-6,9-10H2,2-3H3. The topological polar surface area (TPSA) is 49.4 Å². The molecule has 2 rings (SSSR count). The Morgan fingerprint density at radius 1 is 1.48 bits per heavy atom. The third-order valence-corrected chi connectivity index (χ3v) is 5.63. The summed E-state index contributed by atoms with van der Waals surface area (Å²) in [6.45, 7) is 6.49. The molecule has 1 saturated carbocycles. The molecular formula is C15H21ClN2O2S. The van der Waals surface area contributed by atoms with Crippen LogP contribution in [0.5, 0.6) is 0 Å². The Kier molecular flexibility index (Phi) is 5.09.